The van der Waals surface area contributed by atoms with Crippen LogP contribution in [0.25, 0.3) is 0 Å². The van der Waals surface area contributed by atoms with E-state index in [2.05, 4.69) is 15.6 Å². The van der Waals surface area contributed by atoms with Gasteiger partial charge in [0.2, 0.25) is 0 Å². The van der Waals surface area contributed by atoms with Crippen LogP contribution in [-0.4, -0.2) is 24.0 Å². The van der Waals surface area contributed by atoms with E-state index in [9.17, 15) is 4.79 Å². The summed E-state index contributed by atoms with van der Waals surface area (Å²) in [6.07, 6.45) is 3.24. The zero-order chi connectivity index (χ0) is 15.2. The average molecular weight is 308 g/mol. The highest BCUT2D eigenvalue weighted by Gasteiger charge is 2.12. The van der Waals surface area contributed by atoms with E-state index in [0.717, 1.165) is 18.6 Å². The van der Waals surface area contributed by atoms with Gasteiger partial charge in [0.1, 0.15) is 16.7 Å². The molecule has 0 aromatic carbocycles. The van der Waals surface area contributed by atoms with Crippen LogP contribution in [0.1, 0.15) is 29.5 Å². The molecule has 1 unspecified atom stereocenters. The van der Waals surface area contributed by atoms with Crippen LogP contribution in [0.4, 0.5) is 5.82 Å². The SMILES string of the molecule is CNc1cc(C(=O)NC(C)CCc2ccco2)cc(Cl)n1. The highest BCUT2D eigenvalue weighted by molar-refractivity contribution is 6.29. The van der Waals surface area contributed by atoms with Crippen molar-refractivity contribution in [1.29, 1.82) is 0 Å². The summed E-state index contributed by atoms with van der Waals surface area (Å²) < 4.78 is 5.27. The average Bonchev–Trinajstić information content (AvgIpc) is 2.97. The minimum atomic E-state index is -0.164. The van der Waals surface area contributed by atoms with Crippen LogP contribution >= 0.6 is 11.6 Å². The molecule has 1 amide bonds. The molecule has 2 aromatic rings. The molecular formula is C15H18ClN3O2. The normalized spacial score (nSPS) is 12.0. The van der Waals surface area contributed by atoms with E-state index in [4.69, 9.17) is 16.0 Å². The third kappa shape index (κ3) is 4.49. The van der Waals surface area contributed by atoms with Gasteiger partial charge in [-0.05, 0) is 37.6 Å². The van der Waals surface area contributed by atoms with Crippen molar-refractivity contribution >= 4 is 23.3 Å². The topological polar surface area (TPSA) is 67.2 Å². The number of nitrogens with one attached hydrogen (secondary N) is 2. The number of hydrogen-bond acceptors (Lipinski definition) is 4. The second-order valence-corrected chi connectivity index (χ2v) is 5.19. The molecular weight excluding hydrogens is 290 g/mol. The number of aromatic nitrogens is 1. The molecule has 0 saturated carbocycles. The predicted octanol–water partition coefficient (Wildman–Crippen LogP) is 3.12. The zero-order valence-electron chi connectivity index (χ0n) is 12.0. The van der Waals surface area contributed by atoms with Crippen molar-refractivity contribution in [2.45, 2.75) is 25.8 Å². The number of pyridine rings is 1. The van der Waals surface area contributed by atoms with Crippen LogP contribution in [0.15, 0.2) is 34.9 Å². The molecule has 0 aliphatic rings. The molecule has 2 rings (SSSR count). The lowest BCUT2D eigenvalue weighted by molar-refractivity contribution is 0.0938. The van der Waals surface area contributed by atoms with Gasteiger partial charge in [0.25, 0.3) is 5.91 Å². The van der Waals surface area contributed by atoms with Gasteiger partial charge in [-0.3, -0.25) is 4.79 Å². The third-order valence-corrected chi connectivity index (χ3v) is 3.29. The quantitative estimate of drug-likeness (QED) is 0.805. The molecule has 0 aliphatic carbocycles. The minimum Gasteiger partial charge on any atom is -0.469 e. The van der Waals surface area contributed by atoms with Gasteiger partial charge in [0.15, 0.2) is 0 Å². The Morgan fingerprint density at radius 2 is 2.29 bits per heavy atom. The largest absolute Gasteiger partial charge is 0.469 e. The molecule has 0 aliphatic heterocycles. The monoisotopic (exact) mass is 307 g/mol. The van der Waals surface area contributed by atoms with Gasteiger partial charge in [-0.1, -0.05) is 11.6 Å². The Morgan fingerprint density at radius 3 is 2.95 bits per heavy atom. The van der Waals surface area contributed by atoms with E-state index >= 15 is 0 Å². The number of aryl methyl sites for hydroxylation is 1. The molecule has 0 spiro atoms. The Morgan fingerprint density at radius 1 is 1.48 bits per heavy atom. The van der Waals surface area contributed by atoms with Crippen LogP contribution < -0.4 is 10.6 Å². The first-order valence-corrected chi connectivity index (χ1v) is 7.15. The number of anilines is 1. The molecule has 1 atom stereocenters. The maximum atomic E-state index is 12.2. The molecule has 2 N–H and O–H groups in total. The van der Waals surface area contributed by atoms with Crippen molar-refractivity contribution in [3.05, 3.63) is 47.0 Å². The van der Waals surface area contributed by atoms with E-state index < -0.39 is 0 Å². The molecule has 0 fully saturated rings. The van der Waals surface area contributed by atoms with Gasteiger partial charge in [0.05, 0.1) is 6.26 Å². The maximum Gasteiger partial charge on any atom is 0.251 e. The molecule has 0 radical (unpaired) electrons. The molecule has 6 heteroatoms. The number of furan rings is 1. The van der Waals surface area contributed by atoms with E-state index in [1.165, 1.54) is 0 Å². The Kier molecular flexibility index (Phi) is 5.22. The summed E-state index contributed by atoms with van der Waals surface area (Å²) in [5, 5.41) is 6.10. The van der Waals surface area contributed by atoms with Crippen molar-refractivity contribution in [1.82, 2.24) is 10.3 Å². The Balaban J connectivity index is 1.92. The van der Waals surface area contributed by atoms with Gasteiger partial charge >= 0.3 is 0 Å². The van der Waals surface area contributed by atoms with Gasteiger partial charge in [-0.2, -0.15) is 0 Å². The second kappa shape index (κ2) is 7.13. The smallest absolute Gasteiger partial charge is 0.251 e. The van der Waals surface area contributed by atoms with Crippen molar-refractivity contribution < 1.29 is 9.21 Å². The van der Waals surface area contributed by atoms with Crippen molar-refractivity contribution in [3.8, 4) is 0 Å². The minimum absolute atomic E-state index is 0.0348. The fourth-order valence-electron chi connectivity index (χ4n) is 1.95. The van der Waals surface area contributed by atoms with Crippen LogP contribution in [0.5, 0.6) is 0 Å². The van der Waals surface area contributed by atoms with Crippen molar-refractivity contribution in [2.75, 3.05) is 12.4 Å². The summed E-state index contributed by atoms with van der Waals surface area (Å²) in [6, 6.07) is 7.04. The highest BCUT2D eigenvalue weighted by atomic mass is 35.5. The predicted molar refractivity (Wildman–Crippen MR) is 82.8 cm³/mol. The molecule has 5 nitrogen and oxygen atoms in total. The Hall–Kier alpha value is -2.01. The van der Waals surface area contributed by atoms with Gasteiger partial charge in [0, 0.05) is 25.1 Å². The van der Waals surface area contributed by atoms with Crippen LogP contribution in [0.2, 0.25) is 5.15 Å². The summed E-state index contributed by atoms with van der Waals surface area (Å²) in [5.74, 6) is 1.32. The number of nitrogens with zero attached hydrogens (tertiary/aromatic N) is 1. The molecule has 0 saturated heterocycles. The second-order valence-electron chi connectivity index (χ2n) is 4.81. The lowest BCUT2D eigenvalue weighted by Crippen LogP contribution is -2.33. The first-order chi connectivity index (χ1) is 10.1. The fraction of sp³-hybridized carbons (Fsp3) is 0.333. The summed E-state index contributed by atoms with van der Waals surface area (Å²) in [5.41, 5.74) is 0.490. The van der Waals surface area contributed by atoms with E-state index in [0.29, 0.717) is 11.4 Å². The third-order valence-electron chi connectivity index (χ3n) is 3.09. The highest BCUT2D eigenvalue weighted by Crippen LogP contribution is 2.14. The summed E-state index contributed by atoms with van der Waals surface area (Å²) in [4.78, 5) is 16.2. The van der Waals surface area contributed by atoms with E-state index in [1.807, 2.05) is 19.1 Å². The summed E-state index contributed by atoms with van der Waals surface area (Å²) in [6.45, 7) is 1.96. The first kappa shape index (κ1) is 15.4. The van der Waals surface area contributed by atoms with E-state index in [1.54, 1.807) is 25.4 Å². The Labute approximate surface area is 128 Å². The first-order valence-electron chi connectivity index (χ1n) is 6.77. The van der Waals surface area contributed by atoms with Crippen LogP contribution in [-0.2, 0) is 6.42 Å². The molecule has 112 valence electrons. The Bertz CT molecular complexity index is 599. The molecule has 2 heterocycles. The summed E-state index contributed by atoms with van der Waals surface area (Å²) in [7, 11) is 1.73. The summed E-state index contributed by atoms with van der Waals surface area (Å²) >= 11 is 5.89. The van der Waals surface area contributed by atoms with Crippen LogP contribution in [0, 0.1) is 0 Å². The lowest BCUT2D eigenvalue weighted by atomic mass is 10.1. The number of carbonyl (C=O) groups is 1. The van der Waals surface area contributed by atoms with Gasteiger partial charge < -0.3 is 15.1 Å². The number of carbonyl (C=O) groups excluding carboxylic acids is 1. The van der Waals surface area contributed by atoms with Crippen molar-refractivity contribution in [2.24, 2.45) is 0 Å². The number of rotatable bonds is 6. The zero-order valence-corrected chi connectivity index (χ0v) is 12.8. The fourth-order valence-corrected chi connectivity index (χ4v) is 2.16. The van der Waals surface area contributed by atoms with Crippen LogP contribution in [0.3, 0.4) is 0 Å². The standard InChI is InChI=1S/C15H18ClN3O2/c1-10(5-6-12-4-3-7-21-12)18-15(20)11-8-13(16)19-14(9-11)17-2/h3-4,7-10H,5-6H2,1-2H3,(H,17,19)(H,18,20). The maximum absolute atomic E-state index is 12.2. The number of halogens is 1. The lowest BCUT2D eigenvalue weighted by Gasteiger charge is -2.13. The molecule has 0 bridgehead atoms. The van der Waals surface area contributed by atoms with Crippen molar-refractivity contribution in [3.63, 3.8) is 0 Å². The van der Waals surface area contributed by atoms with E-state index in [-0.39, 0.29) is 17.1 Å². The number of amides is 1. The van der Waals surface area contributed by atoms with Gasteiger partial charge in [-0.25, -0.2) is 4.98 Å². The van der Waals surface area contributed by atoms with Gasteiger partial charge in [-0.15, -0.1) is 0 Å². The number of hydrogen-bond donors (Lipinski definition) is 2. The molecule has 2 aromatic heterocycles. The molecule has 21 heavy (non-hydrogen) atoms.